The van der Waals surface area contributed by atoms with Crippen LogP contribution in [0.25, 0.3) is 0 Å². The van der Waals surface area contributed by atoms with Gasteiger partial charge >= 0.3 is 5.97 Å². The largest absolute Gasteiger partial charge is 0.497 e. The van der Waals surface area contributed by atoms with Crippen LogP contribution in [0.3, 0.4) is 0 Å². The van der Waals surface area contributed by atoms with Gasteiger partial charge in [-0.05, 0) is 24.1 Å². The average molecular weight is 207 g/mol. The Hall–Kier alpha value is -1.55. The number of carboxylic acid groups (broad SMARTS) is 1. The molecule has 1 fully saturated rings. The third-order valence-corrected chi connectivity index (χ3v) is 2.90. The van der Waals surface area contributed by atoms with Crippen LogP contribution in [-0.2, 0) is 4.79 Å². The van der Waals surface area contributed by atoms with Gasteiger partial charge in [0.05, 0.1) is 7.11 Å². The molecule has 0 aliphatic heterocycles. The van der Waals surface area contributed by atoms with Crippen molar-refractivity contribution in [1.82, 2.24) is 0 Å². The fraction of sp³-hybridized carbons (Fsp3) is 0.364. The van der Waals surface area contributed by atoms with E-state index in [1.54, 1.807) is 7.11 Å². The number of ether oxygens (including phenoxy) is 1. The number of nitrogens with two attached hydrogens (primary N) is 1. The van der Waals surface area contributed by atoms with Gasteiger partial charge in [-0.1, -0.05) is 12.1 Å². The number of carboxylic acids is 1. The first kappa shape index (κ1) is 9.98. The van der Waals surface area contributed by atoms with E-state index in [0.29, 0.717) is 6.42 Å². The van der Waals surface area contributed by atoms with Crippen molar-refractivity contribution >= 4 is 5.97 Å². The Morgan fingerprint density at radius 2 is 2.40 bits per heavy atom. The van der Waals surface area contributed by atoms with E-state index < -0.39 is 11.5 Å². The second-order valence-corrected chi connectivity index (χ2v) is 3.88. The molecule has 0 bridgehead atoms. The summed E-state index contributed by atoms with van der Waals surface area (Å²) in [6.45, 7) is 0. The van der Waals surface area contributed by atoms with Crippen LogP contribution < -0.4 is 10.5 Å². The molecule has 3 N–H and O–H groups in total. The second kappa shape index (κ2) is 3.24. The molecule has 0 aromatic heterocycles. The van der Waals surface area contributed by atoms with E-state index in [4.69, 9.17) is 15.6 Å². The predicted octanol–water partition coefficient (Wildman–Crippen LogP) is 0.965. The Morgan fingerprint density at radius 1 is 1.67 bits per heavy atom. The lowest BCUT2D eigenvalue weighted by Crippen LogP contribution is -2.34. The van der Waals surface area contributed by atoms with Gasteiger partial charge in [-0.25, -0.2) is 0 Å². The summed E-state index contributed by atoms with van der Waals surface area (Å²) >= 11 is 0. The molecular weight excluding hydrogens is 194 g/mol. The smallest absolute Gasteiger partial charge is 0.324 e. The number of hydrogen-bond donors (Lipinski definition) is 2. The van der Waals surface area contributed by atoms with Gasteiger partial charge in [0.15, 0.2) is 0 Å². The Kier molecular flexibility index (Phi) is 2.16. The van der Waals surface area contributed by atoms with Crippen molar-refractivity contribution in [2.45, 2.75) is 17.9 Å². The molecule has 4 heteroatoms. The zero-order valence-electron chi connectivity index (χ0n) is 8.43. The summed E-state index contributed by atoms with van der Waals surface area (Å²) in [5.74, 6) is -0.299. The van der Waals surface area contributed by atoms with Gasteiger partial charge in [0, 0.05) is 5.92 Å². The van der Waals surface area contributed by atoms with Crippen LogP contribution in [0.15, 0.2) is 24.3 Å². The van der Waals surface area contributed by atoms with Crippen molar-refractivity contribution in [2.24, 2.45) is 5.73 Å². The summed E-state index contributed by atoms with van der Waals surface area (Å²) in [5, 5.41) is 8.91. The van der Waals surface area contributed by atoms with Crippen molar-refractivity contribution in [3.05, 3.63) is 29.8 Å². The normalized spacial score (nSPS) is 28.5. The molecule has 1 aliphatic rings. The van der Waals surface area contributed by atoms with E-state index in [-0.39, 0.29) is 5.92 Å². The molecule has 1 aromatic carbocycles. The van der Waals surface area contributed by atoms with Gasteiger partial charge in [-0.2, -0.15) is 0 Å². The summed E-state index contributed by atoms with van der Waals surface area (Å²) in [6, 6.07) is 7.38. The van der Waals surface area contributed by atoms with E-state index in [1.807, 2.05) is 24.3 Å². The Balaban J connectivity index is 2.23. The molecule has 4 nitrogen and oxygen atoms in total. The van der Waals surface area contributed by atoms with Crippen LogP contribution >= 0.6 is 0 Å². The van der Waals surface area contributed by atoms with E-state index in [1.165, 1.54) is 0 Å². The lowest BCUT2D eigenvalue weighted by molar-refractivity contribution is -0.139. The lowest BCUT2D eigenvalue weighted by Gasteiger charge is -2.06. The molecule has 80 valence electrons. The molecule has 0 radical (unpaired) electrons. The third kappa shape index (κ3) is 1.57. The molecular formula is C11H13NO3. The summed E-state index contributed by atoms with van der Waals surface area (Å²) in [4.78, 5) is 10.9. The van der Waals surface area contributed by atoms with Crippen molar-refractivity contribution in [3.8, 4) is 5.75 Å². The highest BCUT2D eigenvalue weighted by Gasteiger charge is 2.58. The molecule has 0 spiro atoms. The predicted molar refractivity (Wildman–Crippen MR) is 54.9 cm³/mol. The molecule has 1 aromatic rings. The van der Waals surface area contributed by atoms with Gasteiger partial charge in [0.1, 0.15) is 11.3 Å². The third-order valence-electron chi connectivity index (χ3n) is 2.90. The highest BCUT2D eigenvalue weighted by molar-refractivity contribution is 5.84. The minimum Gasteiger partial charge on any atom is -0.497 e. The lowest BCUT2D eigenvalue weighted by atomic mass is 10.1. The highest BCUT2D eigenvalue weighted by atomic mass is 16.5. The SMILES string of the molecule is COc1cccc(C2CC2(N)C(=O)O)c1. The molecule has 2 unspecified atom stereocenters. The Morgan fingerprint density at radius 3 is 2.93 bits per heavy atom. The van der Waals surface area contributed by atoms with Crippen LogP contribution in [0.4, 0.5) is 0 Å². The molecule has 1 saturated carbocycles. The van der Waals surface area contributed by atoms with E-state index in [0.717, 1.165) is 11.3 Å². The van der Waals surface area contributed by atoms with Crippen LogP contribution in [0.2, 0.25) is 0 Å². The Labute approximate surface area is 87.7 Å². The molecule has 0 heterocycles. The summed E-state index contributed by atoms with van der Waals surface area (Å²) in [7, 11) is 1.58. The number of rotatable bonds is 3. The van der Waals surface area contributed by atoms with Gasteiger partial charge in [0.2, 0.25) is 0 Å². The second-order valence-electron chi connectivity index (χ2n) is 3.88. The summed E-state index contributed by atoms with van der Waals surface area (Å²) in [5.41, 5.74) is 5.57. The van der Waals surface area contributed by atoms with Gasteiger partial charge in [0.25, 0.3) is 0 Å². The quantitative estimate of drug-likeness (QED) is 0.774. The maximum Gasteiger partial charge on any atom is 0.324 e. The maximum atomic E-state index is 10.9. The molecule has 2 atom stereocenters. The monoisotopic (exact) mass is 207 g/mol. The van der Waals surface area contributed by atoms with Crippen molar-refractivity contribution in [3.63, 3.8) is 0 Å². The van der Waals surface area contributed by atoms with Crippen LogP contribution in [-0.4, -0.2) is 23.7 Å². The Bertz CT molecular complexity index is 405. The number of aliphatic carboxylic acids is 1. The molecule has 2 rings (SSSR count). The minimum atomic E-state index is -1.08. The zero-order chi connectivity index (χ0) is 11.1. The van der Waals surface area contributed by atoms with Gasteiger partial charge < -0.3 is 15.6 Å². The van der Waals surface area contributed by atoms with E-state index >= 15 is 0 Å². The molecule has 1 aliphatic carbocycles. The molecule has 0 saturated heterocycles. The van der Waals surface area contributed by atoms with Gasteiger partial charge in [-0.3, -0.25) is 4.79 Å². The molecule has 0 amide bonds. The number of methoxy groups -OCH3 is 1. The van der Waals surface area contributed by atoms with Gasteiger partial charge in [-0.15, -0.1) is 0 Å². The van der Waals surface area contributed by atoms with Crippen molar-refractivity contribution < 1.29 is 14.6 Å². The summed E-state index contributed by atoms with van der Waals surface area (Å²) in [6.07, 6.45) is 0.496. The average Bonchev–Trinajstić information content (AvgIpc) is 2.93. The number of hydrogen-bond acceptors (Lipinski definition) is 3. The number of carbonyl (C=O) groups is 1. The van der Waals surface area contributed by atoms with Crippen LogP contribution in [0, 0.1) is 0 Å². The van der Waals surface area contributed by atoms with Crippen LogP contribution in [0.1, 0.15) is 17.9 Å². The molecule has 15 heavy (non-hydrogen) atoms. The fourth-order valence-electron chi connectivity index (χ4n) is 1.79. The summed E-state index contributed by atoms with van der Waals surface area (Å²) < 4.78 is 5.07. The minimum absolute atomic E-state index is 0.0925. The van der Waals surface area contributed by atoms with Crippen molar-refractivity contribution in [1.29, 1.82) is 0 Å². The zero-order valence-corrected chi connectivity index (χ0v) is 8.43. The maximum absolute atomic E-state index is 10.9. The standard InChI is InChI=1S/C11H13NO3/c1-15-8-4-2-3-7(5-8)9-6-11(9,12)10(13)14/h2-5,9H,6,12H2,1H3,(H,13,14). The first-order valence-electron chi connectivity index (χ1n) is 4.74. The van der Waals surface area contributed by atoms with Crippen LogP contribution in [0.5, 0.6) is 5.75 Å². The topological polar surface area (TPSA) is 72.5 Å². The highest BCUT2D eigenvalue weighted by Crippen LogP contribution is 2.50. The first-order chi connectivity index (χ1) is 7.08. The first-order valence-corrected chi connectivity index (χ1v) is 4.74. The van der Waals surface area contributed by atoms with E-state index in [9.17, 15) is 4.79 Å². The number of benzene rings is 1. The van der Waals surface area contributed by atoms with Crippen molar-refractivity contribution in [2.75, 3.05) is 7.11 Å². The van der Waals surface area contributed by atoms with E-state index in [2.05, 4.69) is 0 Å². The fourth-order valence-corrected chi connectivity index (χ4v) is 1.79.